The van der Waals surface area contributed by atoms with Crippen LogP contribution in [0.4, 0.5) is 0 Å². The van der Waals surface area contributed by atoms with Crippen LogP contribution in [0.5, 0.6) is 0 Å². The Morgan fingerprint density at radius 2 is 1.39 bits per heavy atom. The summed E-state index contributed by atoms with van der Waals surface area (Å²) < 4.78 is 0. The summed E-state index contributed by atoms with van der Waals surface area (Å²) in [6.45, 7) is 28.0. The minimum absolute atomic E-state index is 0. The predicted molar refractivity (Wildman–Crippen MR) is 240 cm³/mol. The van der Waals surface area contributed by atoms with Crippen LogP contribution in [0, 0.1) is 60.8 Å². The second kappa shape index (κ2) is 19.5. The van der Waals surface area contributed by atoms with Crippen molar-refractivity contribution >= 4 is 27.5 Å². The summed E-state index contributed by atoms with van der Waals surface area (Å²) >= 11 is 0. The monoisotopic (exact) mass is 950 g/mol. The number of carbonyl (C=O) groups excluding carboxylic acids is 1. The Bertz CT molecular complexity index is 1980. The number of allylic oxidation sites excluding steroid dienone is 2. The number of aryl methyl sites for hydroxylation is 2. The Morgan fingerprint density at radius 1 is 0.807 bits per heavy atom. The molecule has 0 saturated heterocycles. The van der Waals surface area contributed by atoms with Gasteiger partial charge in [-0.25, -0.2) is 0 Å². The number of pyridine rings is 1. The number of hydrogen-bond donors (Lipinski definition) is 1. The number of nitrogens with zero attached hydrogens (tertiary/aromatic N) is 1. The van der Waals surface area contributed by atoms with Crippen molar-refractivity contribution in [2.24, 2.45) is 40.9 Å². The van der Waals surface area contributed by atoms with E-state index in [4.69, 9.17) is 4.98 Å². The number of fused-ring (bicyclic) bond motifs is 2. The average molecular weight is 949 g/mol. The minimum Gasteiger partial charge on any atom is -0.512 e. The van der Waals surface area contributed by atoms with E-state index in [1.54, 1.807) is 0 Å². The van der Waals surface area contributed by atoms with Gasteiger partial charge in [-0.1, -0.05) is 137 Å². The van der Waals surface area contributed by atoms with Crippen LogP contribution in [0.15, 0.2) is 60.4 Å². The predicted octanol–water partition coefficient (Wildman–Crippen LogP) is 15.2. The van der Waals surface area contributed by atoms with Crippen LogP contribution in [0.25, 0.3) is 32.9 Å². The molecule has 3 aromatic carbocycles. The van der Waals surface area contributed by atoms with Crippen molar-refractivity contribution in [2.75, 3.05) is 0 Å². The second-order valence-electron chi connectivity index (χ2n) is 20.3. The molecule has 0 unspecified atom stereocenters. The Labute approximate surface area is 360 Å². The molecule has 0 amide bonds. The maximum atomic E-state index is 12.3. The first-order valence-electron chi connectivity index (χ1n) is 22.1. The number of benzene rings is 3. The molecular formula is C53H74IrNO2-. The van der Waals surface area contributed by atoms with Crippen molar-refractivity contribution in [1.29, 1.82) is 0 Å². The van der Waals surface area contributed by atoms with Gasteiger partial charge in [-0.3, -0.25) is 9.78 Å². The van der Waals surface area contributed by atoms with Crippen LogP contribution in [0.2, 0.25) is 0 Å². The Kier molecular flexibility index (Phi) is 16.0. The summed E-state index contributed by atoms with van der Waals surface area (Å²) in [5, 5.41) is 14.2. The summed E-state index contributed by atoms with van der Waals surface area (Å²) in [4.78, 5) is 17.7. The molecule has 1 aromatic heterocycles. The maximum Gasteiger partial charge on any atom is 0.162 e. The third-order valence-corrected chi connectivity index (χ3v) is 13.4. The second-order valence-corrected chi connectivity index (χ2v) is 20.3. The number of carbonyl (C=O) groups is 1. The van der Waals surface area contributed by atoms with Gasteiger partial charge in [0.15, 0.2) is 5.78 Å². The standard InChI is InChI=1S/C36H42N.C17H32O2.Ir/c1-24-19-25(2)34-30(26-13-17-36(18-14-26)15-9-6-10-16-36)23-32(37-33(34)20-24)28-21-27-11-7-8-12-29(27)31(22-28)35(3,4)5;1-10(2)16(11(3)4)14(18)9-15(19)17(12(5)6)13(7)8;/h7-8,11-12,19-20,22-23,26H,6,9-10,13-18H2,1-5H3;9-13,16-18H,1-8H3;/q-1;;/b;14-9-;. The van der Waals surface area contributed by atoms with E-state index in [9.17, 15) is 9.90 Å². The topological polar surface area (TPSA) is 50.2 Å². The van der Waals surface area contributed by atoms with E-state index >= 15 is 0 Å². The summed E-state index contributed by atoms with van der Waals surface area (Å²) in [6, 6.07) is 21.9. The van der Waals surface area contributed by atoms with Crippen molar-refractivity contribution < 1.29 is 30.0 Å². The number of rotatable bonds is 9. The molecule has 1 radical (unpaired) electrons. The smallest absolute Gasteiger partial charge is 0.162 e. The fourth-order valence-electron chi connectivity index (χ4n) is 10.8. The molecule has 2 aliphatic rings. The molecule has 2 aliphatic carbocycles. The molecule has 2 fully saturated rings. The van der Waals surface area contributed by atoms with Crippen LogP contribution in [0.3, 0.4) is 0 Å². The van der Waals surface area contributed by atoms with E-state index in [1.807, 2.05) is 0 Å². The fourth-order valence-corrected chi connectivity index (χ4v) is 10.8. The maximum absolute atomic E-state index is 12.3. The first-order chi connectivity index (χ1) is 26.3. The van der Waals surface area contributed by atoms with Crippen molar-refractivity contribution in [3.8, 4) is 11.3 Å². The molecule has 6 rings (SSSR count). The van der Waals surface area contributed by atoms with Gasteiger partial charge in [0.1, 0.15) is 0 Å². The van der Waals surface area contributed by atoms with Crippen LogP contribution in [-0.2, 0) is 30.3 Å². The summed E-state index contributed by atoms with van der Waals surface area (Å²) in [5.41, 5.74) is 9.63. The number of ketones is 1. The molecule has 4 heteroatoms. The molecule has 313 valence electrons. The molecule has 57 heavy (non-hydrogen) atoms. The third-order valence-electron chi connectivity index (χ3n) is 13.4. The normalized spacial score (nSPS) is 16.6. The van der Waals surface area contributed by atoms with E-state index in [1.165, 1.54) is 102 Å². The molecule has 1 N–H and O–H groups in total. The fraction of sp³-hybridized carbons (Fsp3) is 0.585. The zero-order valence-corrected chi connectivity index (χ0v) is 40.1. The summed E-state index contributed by atoms with van der Waals surface area (Å²) in [5.74, 6) is 2.25. The SMILES string of the molecule is CC(C)C(C(=O)/C=C(\O)C(C(C)C)C(C)C)C(C)C.Cc1cc(C)c2c(C3CCC4(CCCCC4)CC3)cc(-c3[c-]c4ccccc4c(C(C)(C)C)c3)nc2c1.[Ir]. The molecule has 1 heterocycles. The van der Waals surface area contributed by atoms with Crippen molar-refractivity contribution in [3.05, 3.63) is 88.7 Å². The molecule has 0 bridgehead atoms. The van der Waals surface area contributed by atoms with Crippen LogP contribution in [0.1, 0.15) is 162 Å². The van der Waals surface area contributed by atoms with Gasteiger partial charge in [0, 0.05) is 49.1 Å². The van der Waals surface area contributed by atoms with E-state index < -0.39 is 0 Å². The van der Waals surface area contributed by atoms with E-state index in [0.29, 0.717) is 35.0 Å². The number of hydrogen-bond acceptors (Lipinski definition) is 3. The van der Waals surface area contributed by atoms with Gasteiger partial charge in [-0.2, -0.15) is 0 Å². The third kappa shape index (κ3) is 11.1. The largest absolute Gasteiger partial charge is 0.512 e. The number of aliphatic hydroxyl groups excluding tert-OH is 1. The zero-order chi connectivity index (χ0) is 41.1. The summed E-state index contributed by atoms with van der Waals surface area (Å²) in [6.07, 6.45) is 14.2. The minimum atomic E-state index is -0.0119. The molecule has 3 nitrogen and oxygen atoms in total. The first kappa shape index (κ1) is 46.9. The van der Waals surface area contributed by atoms with Gasteiger partial charge >= 0.3 is 0 Å². The van der Waals surface area contributed by atoms with Crippen molar-refractivity contribution in [1.82, 2.24) is 4.98 Å². The molecule has 1 spiro atoms. The number of aliphatic hydroxyl groups is 1. The Balaban J connectivity index is 0.000000309. The van der Waals surface area contributed by atoms with E-state index in [-0.39, 0.29) is 48.9 Å². The van der Waals surface area contributed by atoms with E-state index in [0.717, 1.165) is 16.8 Å². The zero-order valence-electron chi connectivity index (χ0n) is 37.7. The molecular weight excluding hydrogens is 875 g/mol. The van der Waals surface area contributed by atoms with Gasteiger partial charge in [-0.15, -0.1) is 29.1 Å². The van der Waals surface area contributed by atoms with Gasteiger partial charge in [-0.05, 0) is 116 Å². The van der Waals surface area contributed by atoms with Gasteiger partial charge < -0.3 is 5.11 Å². The van der Waals surface area contributed by atoms with Crippen molar-refractivity contribution in [2.45, 2.75) is 159 Å². The van der Waals surface area contributed by atoms with Crippen LogP contribution in [-0.4, -0.2) is 15.9 Å². The summed E-state index contributed by atoms with van der Waals surface area (Å²) in [7, 11) is 0. The van der Waals surface area contributed by atoms with Gasteiger partial charge in [0.2, 0.25) is 0 Å². The molecule has 0 aliphatic heterocycles. The average Bonchev–Trinajstić information content (AvgIpc) is 3.10. The van der Waals surface area contributed by atoms with Gasteiger partial charge in [0.25, 0.3) is 0 Å². The quantitative estimate of drug-likeness (QED) is 0.103. The van der Waals surface area contributed by atoms with E-state index in [2.05, 4.69) is 145 Å². The van der Waals surface area contributed by atoms with Crippen LogP contribution < -0.4 is 0 Å². The molecule has 2 saturated carbocycles. The first-order valence-corrected chi connectivity index (χ1v) is 22.1. The van der Waals surface area contributed by atoms with Gasteiger partial charge in [0.05, 0.1) is 11.3 Å². The Morgan fingerprint density at radius 3 is 1.95 bits per heavy atom. The number of aromatic nitrogens is 1. The molecule has 4 aromatic rings. The molecule has 0 atom stereocenters. The van der Waals surface area contributed by atoms with Crippen molar-refractivity contribution in [3.63, 3.8) is 0 Å². The van der Waals surface area contributed by atoms with Crippen LogP contribution >= 0.6 is 0 Å². The Hall–Kier alpha value is -2.81.